The maximum atomic E-state index is 13.8. The molecule has 0 radical (unpaired) electrons. The van der Waals surface area contributed by atoms with Gasteiger partial charge in [-0.05, 0) is 47.4 Å². The van der Waals surface area contributed by atoms with Crippen molar-refractivity contribution in [3.05, 3.63) is 84.2 Å². The maximum absolute atomic E-state index is 13.8. The number of benzene rings is 3. The molecule has 0 saturated carbocycles. The van der Waals surface area contributed by atoms with Crippen LogP contribution in [0.25, 0.3) is 28.2 Å². The molecule has 0 N–H and O–H groups in total. The number of aromatic nitrogens is 2. The lowest BCUT2D eigenvalue weighted by Crippen LogP contribution is -2.09. The molecule has 176 valence electrons. The number of methoxy groups -OCH3 is 2. The van der Waals surface area contributed by atoms with Crippen LogP contribution in [0.5, 0.6) is 11.5 Å². The molecule has 0 amide bonds. The van der Waals surface area contributed by atoms with Crippen molar-refractivity contribution in [2.75, 3.05) is 14.2 Å². The van der Waals surface area contributed by atoms with Gasteiger partial charge in [0, 0.05) is 17.4 Å². The molecule has 1 heterocycles. The van der Waals surface area contributed by atoms with Crippen molar-refractivity contribution < 1.29 is 22.6 Å². The Morgan fingerprint density at radius 2 is 1.53 bits per heavy atom. The maximum Gasteiger partial charge on any atom is 0.417 e. The third-order valence-electron chi connectivity index (χ3n) is 5.63. The molecule has 0 atom stereocenters. The van der Waals surface area contributed by atoms with Crippen LogP contribution >= 0.6 is 0 Å². The number of rotatable bonds is 6. The van der Waals surface area contributed by atoms with Crippen LogP contribution in [0.15, 0.2) is 72.9 Å². The Morgan fingerprint density at radius 3 is 2.21 bits per heavy atom. The summed E-state index contributed by atoms with van der Waals surface area (Å²) in [6.45, 7) is 3.93. The van der Waals surface area contributed by atoms with E-state index >= 15 is 0 Å². The van der Waals surface area contributed by atoms with Gasteiger partial charge in [0.05, 0.1) is 25.5 Å². The first-order chi connectivity index (χ1) is 16.2. The van der Waals surface area contributed by atoms with Crippen LogP contribution in [0.3, 0.4) is 0 Å². The van der Waals surface area contributed by atoms with Crippen LogP contribution in [0.4, 0.5) is 13.2 Å². The molecule has 0 fully saturated rings. The van der Waals surface area contributed by atoms with E-state index in [0.717, 1.165) is 17.2 Å². The number of halogens is 3. The van der Waals surface area contributed by atoms with Gasteiger partial charge in [-0.15, -0.1) is 0 Å². The predicted molar refractivity (Wildman–Crippen MR) is 127 cm³/mol. The van der Waals surface area contributed by atoms with Crippen molar-refractivity contribution in [3.8, 4) is 39.7 Å². The summed E-state index contributed by atoms with van der Waals surface area (Å²) in [5.74, 6) is 1.51. The quantitative estimate of drug-likeness (QED) is 0.298. The van der Waals surface area contributed by atoms with E-state index in [0.29, 0.717) is 22.9 Å². The lowest BCUT2D eigenvalue weighted by atomic mass is 10.0. The molecule has 0 saturated heterocycles. The first-order valence-electron chi connectivity index (χ1n) is 10.8. The topological polar surface area (TPSA) is 36.3 Å². The number of hydrogen-bond donors (Lipinski definition) is 0. The van der Waals surface area contributed by atoms with Crippen LogP contribution in [0, 0.1) is 0 Å². The van der Waals surface area contributed by atoms with Gasteiger partial charge in [-0.2, -0.15) is 13.2 Å². The third-order valence-corrected chi connectivity index (χ3v) is 5.63. The normalized spacial score (nSPS) is 11.6. The SMILES string of the molecule is COc1ccc(-c2cccc(-n3cc(C(C)C)nc3-c3ccccc3C(F)(F)F)c2)cc1OC. The Balaban J connectivity index is 1.88. The summed E-state index contributed by atoms with van der Waals surface area (Å²) < 4.78 is 53.8. The molecular weight excluding hydrogens is 441 g/mol. The van der Waals surface area contributed by atoms with Crippen LogP contribution in [-0.4, -0.2) is 23.8 Å². The van der Waals surface area contributed by atoms with Crippen molar-refractivity contribution in [3.63, 3.8) is 0 Å². The van der Waals surface area contributed by atoms with Crippen molar-refractivity contribution in [2.45, 2.75) is 25.9 Å². The molecule has 1 aromatic heterocycles. The van der Waals surface area contributed by atoms with E-state index in [1.165, 1.54) is 12.1 Å². The molecule has 0 aliphatic rings. The zero-order valence-corrected chi connectivity index (χ0v) is 19.4. The highest BCUT2D eigenvalue weighted by Gasteiger charge is 2.34. The number of hydrogen-bond acceptors (Lipinski definition) is 3. The lowest BCUT2D eigenvalue weighted by Gasteiger charge is -2.15. The molecule has 0 aliphatic carbocycles. The van der Waals surface area contributed by atoms with Gasteiger partial charge in [-0.3, -0.25) is 4.57 Å². The number of imidazole rings is 1. The Kier molecular flexibility index (Phi) is 6.37. The van der Waals surface area contributed by atoms with Gasteiger partial charge in [0.1, 0.15) is 5.82 Å². The standard InChI is InChI=1S/C27H25F3N2O2/c1-17(2)23-16-32(26(31-23)21-10-5-6-11-22(21)27(28,29)30)20-9-7-8-18(14-20)19-12-13-24(33-3)25(15-19)34-4/h5-17H,1-4H3. The van der Waals surface area contributed by atoms with Crippen molar-refractivity contribution in [1.29, 1.82) is 0 Å². The molecular formula is C27H25F3N2O2. The lowest BCUT2D eigenvalue weighted by molar-refractivity contribution is -0.137. The summed E-state index contributed by atoms with van der Waals surface area (Å²) in [7, 11) is 3.14. The molecule has 4 aromatic rings. The van der Waals surface area contributed by atoms with Crippen molar-refractivity contribution in [2.24, 2.45) is 0 Å². The summed E-state index contributed by atoms with van der Waals surface area (Å²) in [4.78, 5) is 4.61. The van der Waals surface area contributed by atoms with Gasteiger partial charge < -0.3 is 9.47 Å². The molecule has 4 rings (SSSR count). The molecule has 0 unspecified atom stereocenters. The van der Waals surface area contributed by atoms with Gasteiger partial charge in [-0.25, -0.2) is 4.98 Å². The van der Waals surface area contributed by atoms with E-state index in [4.69, 9.17) is 9.47 Å². The minimum absolute atomic E-state index is 0.0402. The van der Waals surface area contributed by atoms with Crippen LogP contribution in [0.1, 0.15) is 31.0 Å². The first-order valence-corrected chi connectivity index (χ1v) is 10.8. The molecule has 0 aliphatic heterocycles. The minimum Gasteiger partial charge on any atom is -0.493 e. The van der Waals surface area contributed by atoms with Gasteiger partial charge >= 0.3 is 6.18 Å². The van der Waals surface area contributed by atoms with E-state index in [-0.39, 0.29) is 17.3 Å². The Labute approximate surface area is 196 Å². The summed E-state index contributed by atoms with van der Waals surface area (Å²) in [5, 5.41) is 0. The zero-order valence-electron chi connectivity index (χ0n) is 19.4. The van der Waals surface area contributed by atoms with E-state index in [1.54, 1.807) is 31.0 Å². The van der Waals surface area contributed by atoms with Gasteiger partial charge in [0.2, 0.25) is 0 Å². The monoisotopic (exact) mass is 466 g/mol. The molecule has 4 nitrogen and oxygen atoms in total. The second kappa shape index (κ2) is 9.25. The Bertz CT molecular complexity index is 1310. The van der Waals surface area contributed by atoms with Gasteiger partial charge in [0.15, 0.2) is 11.5 Å². The molecule has 0 spiro atoms. The van der Waals surface area contributed by atoms with Crippen LogP contribution < -0.4 is 9.47 Å². The summed E-state index contributed by atoms with van der Waals surface area (Å²) in [6, 6.07) is 18.7. The van der Waals surface area contributed by atoms with Crippen molar-refractivity contribution >= 4 is 0 Å². The van der Waals surface area contributed by atoms with E-state index in [2.05, 4.69) is 4.98 Å². The fourth-order valence-corrected chi connectivity index (χ4v) is 3.84. The second-order valence-corrected chi connectivity index (χ2v) is 8.18. The van der Waals surface area contributed by atoms with E-state index < -0.39 is 11.7 Å². The smallest absolute Gasteiger partial charge is 0.417 e. The molecule has 0 bridgehead atoms. The highest BCUT2D eigenvalue weighted by atomic mass is 19.4. The predicted octanol–water partition coefficient (Wildman–Crippen LogP) is 7.37. The Hall–Kier alpha value is -3.74. The molecule has 34 heavy (non-hydrogen) atoms. The zero-order chi connectivity index (χ0) is 24.5. The largest absolute Gasteiger partial charge is 0.493 e. The minimum atomic E-state index is -4.49. The van der Waals surface area contributed by atoms with Gasteiger partial charge in [-0.1, -0.05) is 50.2 Å². The van der Waals surface area contributed by atoms with E-state index in [9.17, 15) is 13.2 Å². The summed E-state index contributed by atoms with van der Waals surface area (Å²) >= 11 is 0. The van der Waals surface area contributed by atoms with Gasteiger partial charge in [0.25, 0.3) is 0 Å². The fourth-order valence-electron chi connectivity index (χ4n) is 3.84. The highest BCUT2D eigenvalue weighted by molar-refractivity contribution is 5.71. The first kappa shape index (κ1) is 23.4. The van der Waals surface area contributed by atoms with E-state index in [1.807, 2.05) is 56.3 Å². The van der Waals surface area contributed by atoms with Crippen LogP contribution in [-0.2, 0) is 6.18 Å². The molecule has 3 aromatic carbocycles. The average molecular weight is 467 g/mol. The summed E-state index contributed by atoms with van der Waals surface area (Å²) in [6.07, 6.45) is -2.69. The second-order valence-electron chi connectivity index (χ2n) is 8.18. The summed E-state index contributed by atoms with van der Waals surface area (Å²) in [5.41, 5.74) is 2.52. The highest BCUT2D eigenvalue weighted by Crippen LogP contribution is 2.38. The number of alkyl halides is 3. The average Bonchev–Trinajstić information content (AvgIpc) is 3.29. The third kappa shape index (κ3) is 4.51. The number of nitrogens with zero attached hydrogens (tertiary/aromatic N) is 2. The van der Waals surface area contributed by atoms with Crippen molar-refractivity contribution in [1.82, 2.24) is 9.55 Å². The van der Waals surface area contributed by atoms with Crippen LogP contribution in [0.2, 0.25) is 0 Å². The number of ether oxygens (including phenoxy) is 2. The Morgan fingerprint density at radius 1 is 0.824 bits per heavy atom. The fraction of sp³-hybridized carbons (Fsp3) is 0.222. The molecule has 7 heteroatoms.